The van der Waals surface area contributed by atoms with Crippen molar-refractivity contribution in [3.8, 4) is 11.8 Å². The van der Waals surface area contributed by atoms with Crippen LogP contribution < -0.4 is 10.1 Å². The average Bonchev–Trinajstić information content (AvgIpc) is 2.78. The number of hydrogen-bond acceptors (Lipinski definition) is 7. The highest BCUT2D eigenvalue weighted by atomic mass is 32.2. The predicted octanol–water partition coefficient (Wildman–Crippen LogP) is 3.82. The highest BCUT2D eigenvalue weighted by Gasteiger charge is 2.31. The van der Waals surface area contributed by atoms with Gasteiger partial charge in [0, 0.05) is 12.3 Å². The molecule has 0 aromatic heterocycles. The lowest BCUT2D eigenvalue weighted by Gasteiger charge is -2.24. The van der Waals surface area contributed by atoms with Crippen LogP contribution in [0.1, 0.15) is 36.8 Å². The van der Waals surface area contributed by atoms with E-state index in [-0.39, 0.29) is 29.5 Å². The van der Waals surface area contributed by atoms with Gasteiger partial charge in [-0.05, 0) is 41.9 Å². The monoisotopic (exact) mass is 450 g/mol. The van der Waals surface area contributed by atoms with Crippen LogP contribution in [0.3, 0.4) is 0 Å². The van der Waals surface area contributed by atoms with Crippen molar-refractivity contribution < 1.29 is 23.9 Å². The summed E-state index contributed by atoms with van der Waals surface area (Å²) >= 11 is 0.679. The fourth-order valence-corrected chi connectivity index (χ4v) is 4.08. The van der Waals surface area contributed by atoms with E-state index in [1.807, 2.05) is 42.5 Å². The normalized spacial score (nSPS) is 15.5. The first-order valence-electron chi connectivity index (χ1n) is 10.1. The molecule has 0 bridgehead atoms. The minimum Gasteiger partial charge on any atom is -0.489 e. The zero-order chi connectivity index (χ0) is 22.9. The topological polar surface area (TPSA) is 105 Å². The van der Waals surface area contributed by atoms with Crippen LogP contribution in [0.4, 0.5) is 0 Å². The first kappa shape index (κ1) is 23.1. The smallest absolute Gasteiger partial charge is 0.314 e. The number of nitriles is 1. The molecular formula is C24H22N2O5S. The maximum Gasteiger partial charge on any atom is 0.314 e. The molecule has 1 atom stereocenters. The number of amides is 1. The number of nitrogens with zero attached hydrogens (tertiary/aromatic N) is 1. The molecule has 7 nitrogen and oxygen atoms in total. The van der Waals surface area contributed by atoms with Gasteiger partial charge >= 0.3 is 5.97 Å². The van der Waals surface area contributed by atoms with Crippen molar-refractivity contribution in [3.05, 3.63) is 76.3 Å². The zero-order valence-electron chi connectivity index (χ0n) is 17.5. The summed E-state index contributed by atoms with van der Waals surface area (Å²) in [6, 6.07) is 19.1. The van der Waals surface area contributed by atoms with Crippen molar-refractivity contribution in [1.82, 2.24) is 5.32 Å². The number of allylic oxidation sites excluding steroid dienone is 1. The van der Waals surface area contributed by atoms with Gasteiger partial charge in [-0.2, -0.15) is 5.26 Å². The maximum atomic E-state index is 12.3. The summed E-state index contributed by atoms with van der Waals surface area (Å²) in [6.07, 6.45) is -0.349. The van der Waals surface area contributed by atoms with E-state index in [4.69, 9.17) is 9.47 Å². The van der Waals surface area contributed by atoms with Crippen LogP contribution in [0.25, 0.3) is 0 Å². The Bertz CT molecular complexity index is 1060. The Labute approximate surface area is 190 Å². The number of carbonyl (C=O) groups excluding carboxylic acids is 3. The highest BCUT2D eigenvalue weighted by Crippen LogP contribution is 2.37. The zero-order valence-corrected chi connectivity index (χ0v) is 18.3. The van der Waals surface area contributed by atoms with Gasteiger partial charge in [0.05, 0.1) is 23.3 Å². The van der Waals surface area contributed by atoms with Crippen molar-refractivity contribution in [2.24, 2.45) is 0 Å². The molecule has 0 fully saturated rings. The molecule has 8 heteroatoms. The molecule has 1 aliphatic heterocycles. The molecule has 0 radical (unpaired) electrons. The lowest BCUT2D eigenvalue weighted by Crippen LogP contribution is -2.31. The van der Waals surface area contributed by atoms with Gasteiger partial charge in [-0.25, -0.2) is 0 Å². The number of benzene rings is 2. The van der Waals surface area contributed by atoms with Crippen LogP contribution in [-0.2, 0) is 25.7 Å². The molecule has 32 heavy (non-hydrogen) atoms. The second kappa shape index (κ2) is 11.2. The number of rotatable bonds is 8. The van der Waals surface area contributed by atoms with Crippen LogP contribution >= 0.6 is 11.8 Å². The van der Waals surface area contributed by atoms with Gasteiger partial charge in [0.15, 0.2) is 0 Å². The molecule has 0 aliphatic carbocycles. The summed E-state index contributed by atoms with van der Waals surface area (Å²) in [5, 5.41) is 12.0. The third-order valence-electron chi connectivity index (χ3n) is 4.70. The van der Waals surface area contributed by atoms with E-state index in [9.17, 15) is 19.6 Å². The van der Waals surface area contributed by atoms with E-state index in [2.05, 4.69) is 11.4 Å². The van der Waals surface area contributed by atoms with Gasteiger partial charge in [0.1, 0.15) is 18.8 Å². The number of esters is 1. The van der Waals surface area contributed by atoms with Gasteiger partial charge in [0.2, 0.25) is 11.0 Å². The van der Waals surface area contributed by atoms with Crippen molar-refractivity contribution in [1.29, 1.82) is 5.26 Å². The van der Waals surface area contributed by atoms with Gasteiger partial charge in [-0.15, -0.1) is 0 Å². The van der Waals surface area contributed by atoms with Gasteiger partial charge in [-0.3, -0.25) is 14.4 Å². The summed E-state index contributed by atoms with van der Waals surface area (Å²) < 4.78 is 10.6. The van der Waals surface area contributed by atoms with Crippen LogP contribution in [0.2, 0.25) is 0 Å². The van der Waals surface area contributed by atoms with Crippen LogP contribution in [0.5, 0.6) is 5.75 Å². The highest BCUT2D eigenvalue weighted by molar-refractivity contribution is 8.17. The van der Waals surface area contributed by atoms with E-state index < -0.39 is 23.4 Å². The quantitative estimate of drug-likeness (QED) is 0.481. The molecule has 164 valence electrons. The largest absolute Gasteiger partial charge is 0.489 e. The van der Waals surface area contributed by atoms with E-state index in [0.717, 1.165) is 11.1 Å². The Morgan fingerprint density at radius 2 is 1.88 bits per heavy atom. The molecule has 0 saturated heterocycles. The number of carbonyl (C=O) groups is 3. The third-order valence-corrected chi connectivity index (χ3v) is 5.59. The molecule has 1 amide bonds. The summed E-state index contributed by atoms with van der Waals surface area (Å²) in [5.74, 6) is -0.770. The summed E-state index contributed by atoms with van der Waals surface area (Å²) in [7, 11) is 0. The van der Waals surface area contributed by atoms with Crippen molar-refractivity contribution in [2.45, 2.75) is 32.3 Å². The molecule has 2 aromatic carbocycles. The standard InChI is InChI=1S/C24H22N2O5S/c1-2-30-22(28)13-23(29)32-24-20(14-25)19(12-21(27)26-24)17-8-10-18(11-9-17)31-15-16-6-4-3-5-7-16/h3-11,19H,2,12-13,15H2,1H3,(H,26,27). The lowest BCUT2D eigenvalue weighted by atomic mass is 9.87. The van der Waals surface area contributed by atoms with Crippen LogP contribution in [-0.4, -0.2) is 23.6 Å². The Morgan fingerprint density at radius 3 is 2.53 bits per heavy atom. The molecule has 3 rings (SSSR count). The molecule has 1 N–H and O–H groups in total. The SMILES string of the molecule is CCOC(=O)CC(=O)SC1=C(C#N)C(c2ccc(OCc3ccccc3)cc2)CC(=O)N1. The molecule has 0 saturated carbocycles. The van der Waals surface area contributed by atoms with Crippen LogP contribution in [0, 0.1) is 11.3 Å². The van der Waals surface area contributed by atoms with Crippen LogP contribution in [0.15, 0.2) is 65.2 Å². The van der Waals surface area contributed by atoms with E-state index >= 15 is 0 Å². The molecule has 1 unspecified atom stereocenters. The molecule has 0 spiro atoms. The molecule has 2 aromatic rings. The van der Waals surface area contributed by atoms with Crippen molar-refractivity contribution >= 4 is 28.8 Å². The first-order chi connectivity index (χ1) is 15.5. The maximum absolute atomic E-state index is 12.3. The second-order valence-electron chi connectivity index (χ2n) is 6.96. The van der Waals surface area contributed by atoms with E-state index in [0.29, 0.717) is 24.1 Å². The Balaban J connectivity index is 1.73. The molecule has 1 heterocycles. The number of thioether (sulfide) groups is 1. The summed E-state index contributed by atoms with van der Waals surface area (Å²) in [5.41, 5.74) is 2.09. The fourth-order valence-electron chi connectivity index (χ4n) is 3.20. The minimum atomic E-state index is -0.645. The van der Waals surface area contributed by atoms with Gasteiger partial charge < -0.3 is 14.8 Å². The van der Waals surface area contributed by atoms with Gasteiger partial charge in [0.25, 0.3) is 0 Å². The number of nitrogens with one attached hydrogen (secondary N) is 1. The second-order valence-corrected chi connectivity index (χ2v) is 8.03. The fraction of sp³-hybridized carbons (Fsp3) is 0.250. The predicted molar refractivity (Wildman–Crippen MR) is 119 cm³/mol. The lowest BCUT2D eigenvalue weighted by molar-refractivity contribution is -0.144. The summed E-state index contributed by atoms with van der Waals surface area (Å²) in [4.78, 5) is 36.0. The van der Waals surface area contributed by atoms with Crippen molar-refractivity contribution in [2.75, 3.05) is 6.61 Å². The Morgan fingerprint density at radius 1 is 1.16 bits per heavy atom. The van der Waals surface area contributed by atoms with E-state index in [1.165, 1.54) is 0 Å². The van der Waals surface area contributed by atoms with Crippen molar-refractivity contribution in [3.63, 3.8) is 0 Å². The Kier molecular flexibility index (Phi) is 8.06. The molecular weight excluding hydrogens is 428 g/mol. The average molecular weight is 451 g/mol. The third kappa shape index (κ3) is 6.22. The number of hydrogen-bond donors (Lipinski definition) is 1. The number of ether oxygens (including phenoxy) is 2. The minimum absolute atomic E-state index is 0.0865. The molecule has 1 aliphatic rings. The van der Waals surface area contributed by atoms with E-state index in [1.54, 1.807) is 19.1 Å². The van der Waals surface area contributed by atoms with Gasteiger partial charge in [-0.1, -0.05) is 42.5 Å². The first-order valence-corrected chi connectivity index (χ1v) is 10.9. The Hall–Kier alpha value is -3.57. The summed E-state index contributed by atoms with van der Waals surface area (Å²) in [6.45, 7) is 2.25.